The SMILES string of the molecule is COc1ccc(S(=O)(=O)N(CC(C)C)C[C@@H](O)[C@H](Cc2ccccc2)NC(=O)c2ccccc2)cc1. The average molecular weight is 511 g/mol. The number of nitrogens with one attached hydrogen (secondary N) is 1. The first-order valence-corrected chi connectivity index (χ1v) is 13.4. The highest BCUT2D eigenvalue weighted by molar-refractivity contribution is 7.89. The van der Waals surface area contributed by atoms with Gasteiger partial charge in [-0.15, -0.1) is 0 Å². The molecule has 0 aliphatic heterocycles. The predicted molar refractivity (Wildman–Crippen MR) is 140 cm³/mol. The Labute approximate surface area is 213 Å². The van der Waals surface area contributed by atoms with Gasteiger partial charge in [0.05, 0.1) is 24.2 Å². The summed E-state index contributed by atoms with van der Waals surface area (Å²) < 4.78 is 33.5. The smallest absolute Gasteiger partial charge is 0.251 e. The van der Waals surface area contributed by atoms with E-state index < -0.39 is 22.2 Å². The number of aliphatic hydroxyl groups excluding tert-OH is 1. The third-order valence-electron chi connectivity index (χ3n) is 5.77. The highest BCUT2D eigenvalue weighted by Gasteiger charge is 2.31. The number of methoxy groups -OCH3 is 1. The molecule has 36 heavy (non-hydrogen) atoms. The molecule has 0 aromatic heterocycles. The standard InChI is InChI=1S/C28H34N2O5S/c1-21(2)19-30(36(33,34)25-16-14-24(35-3)15-17-25)20-27(31)26(18-22-10-6-4-7-11-22)29-28(32)23-12-8-5-9-13-23/h4-17,21,26-27,31H,18-20H2,1-3H3,(H,29,32)/t26-,27+/m0/s1. The van der Waals surface area contributed by atoms with Crippen molar-refractivity contribution in [3.63, 3.8) is 0 Å². The maximum Gasteiger partial charge on any atom is 0.251 e. The Morgan fingerprint density at radius 1 is 0.917 bits per heavy atom. The van der Waals surface area contributed by atoms with Gasteiger partial charge in [0.2, 0.25) is 10.0 Å². The van der Waals surface area contributed by atoms with Crippen LogP contribution in [0.3, 0.4) is 0 Å². The molecule has 0 radical (unpaired) electrons. The lowest BCUT2D eigenvalue weighted by atomic mass is 10.00. The van der Waals surface area contributed by atoms with Gasteiger partial charge in [0.15, 0.2) is 0 Å². The van der Waals surface area contributed by atoms with E-state index in [1.807, 2.05) is 50.2 Å². The molecule has 8 heteroatoms. The first-order chi connectivity index (χ1) is 17.2. The van der Waals surface area contributed by atoms with Crippen molar-refractivity contribution in [3.05, 3.63) is 96.1 Å². The van der Waals surface area contributed by atoms with Crippen LogP contribution in [-0.2, 0) is 16.4 Å². The molecule has 2 atom stereocenters. The van der Waals surface area contributed by atoms with Crippen molar-refractivity contribution in [3.8, 4) is 5.75 Å². The van der Waals surface area contributed by atoms with E-state index in [1.54, 1.807) is 36.4 Å². The van der Waals surface area contributed by atoms with Crippen LogP contribution in [0.4, 0.5) is 0 Å². The van der Waals surface area contributed by atoms with E-state index >= 15 is 0 Å². The van der Waals surface area contributed by atoms with Crippen LogP contribution in [0, 0.1) is 5.92 Å². The summed E-state index contributed by atoms with van der Waals surface area (Å²) in [6.45, 7) is 3.89. The summed E-state index contributed by atoms with van der Waals surface area (Å²) in [5.74, 6) is 0.247. The fourth-order valence-electron chi connectivity index (χ4n) is 3.90. The molecule has 7 nitrogen and oxygen atoms in total. The summed E-state index contributed by atoms with van der Waals surface area (Å²) in [7, 11) is -2.38. The summed E-state index contributed by atoms with van der Waals surface area (Å²) in [6.07, 6.45) is -0.803. The molecule has 0 spiro atoms. The molecule has 0 bridgehead atoms. The Hall–Kier alpha value is -3.20. The lowest BCUT2D eigenvalue weighted by molar-refractivity contribution is 0.0776. The minimum Gasteiger partial charge on any atom is -0.497 e. The number of hydrogen-bond acceptors (Lipinski definition) is 5. The zero-order valence-corrected chi connectivity index (χ0v) is 21.7. The highest BCUT2D eigenvalue weighted by atomic mass is 32.2. The zero-order valence-electron chi connectivity index (χ0n) is 20.9. The number of sulfonamides is 1. The molecule has 192 valence electrons. The van der Waals surface area contributed by atoms with Gasteiger partial charge in [0.25, 0.3) is 5.91 Å². The minimum absolute atomic E-state index is 0.0247. The molecule has 2 N–H and O–H groups in total. The Balaban J connectivity index is 1.87. The predicted octanol–water partition coefficient (Wildman–Crippen LogP) is 3.74. The van der Waals surface area contributed by atoms with Gasteiger partial charge in [0.1, 0.15) is 5.75 Å². The normalized spacial score (nSPS) is 13.4. The minimum atomic E-state index is -3.90. The molecule has 1 amide bonds. The van der Waals surface area contributed by atoms with Crippen LogP contribution < -0.4 is 10.1 Å². The summed E-state index contributed by atoms with van der Waals surface area (Å²) in [5, 5.41) is 14.2. The van der Waals surface area contributed by atoms with Crippen molar-refractivity contribution >= 4 is 15.9 Å². The molecule has 0 aliphatic rings. The lowest BCUT2D eigenvalue weighted by Crippen LogP contribution is -2.51. The van der Waals surface area contributed by atoms with Crippen LogP contribution in [0.1, 0.15) is 29.8 Å². The fraction of sp³-hybridized carbons (Fsp3) is 0.321. The Bertz CT molecular complexity index is 1200. The van der Waals surface area contributed by atoms with E-state index in [9.17, 15) is 18.3 Å². The van der Waals surface area contributed by atoms with Crippen molar-refractivity contribution in [1.82, 2.24) is 9.62 Å². The molecule has 0 unspecified atom stereocenters. The van der Waals surface area contributed by atoms with E-state index in [4.69, 9.17) is 4.74 Å². The summed E-state index contributed by atoms with van der Waals surface area (Å²) in [5.41, 5.74) is 1.39. The Kier molecular flexibility index (Phi) is 9.64. The van der Waals surface area contributed by atoms with Crippen LogP contribution in [0.15, 0.2) is 89.8 Å². The second kappa shape index (κ2) is 12.7. The van der Waals surface area contributed by atoms with Gasteiger partial charge in [-0.3, -0.25) is 4.79 Å². The molecule has 0 aliphatic carbocycles. The number of rotatable bonds is 12. The fourth-order valence-corrected chi connectivity index (χ4v) is 5.52. The van der Waals surface area contributed by atoms with Gasteiger partial charge in [-0.05, 0) is 54.3 Å². The van der Waals surface area contributed by atoms with E-state index in [1.165, 1.54) is 23.5 Å². The lowest BCUT2D eigenvalue weighted by Gasteiger charge is -2.30. The molecule has 3 rings (SSSR count). The summed E-state index contributed by atoms with van der Waals surface area (Å²) in [4.78, 5) is 13.0. The molecule has 0 saturated carbocycles. The van der Waals surface area contributed by atoms with Crippen LogP contribution in [0.5, 0.6) is 5.75 Å². The second-order valence-corrected chi connectivity index (χ2v) is 11.0. The number of nitrogens with zero attached hydrogens (tertiary/aromatic N) is 1. The van der Waals surface area contributed by atoms with Gasteiger partial charge >= 0.3 is 0 Å². The number of benzene rings is 3. The third-order valence-corrected chi connectivity index (χ3v) is 7.62. The number of carbonyl (C=O) groups is 1. The van der Waals surface area contributed by atoms with E-state index in [0.29, 0.717) is 17.7 Å². The Morgan fingerprint density at radius 3 is 2.06 bits per heavy atom. The molecule has 3 aromatic rings. The molecule has 3 aromatic carbocycles. The summed E-state index contributed by atoms with van der Waals surface area (Å²) in [6, 6.07) is 23.7. The number of carbonyl (C=O) groups excluding carboxylic acids is 1. The van der Waals surface area contributed by atoms with E-state index in [-0.39, 0.29) is 29.8 Å². The van der Waals surface area contributed by atoms with Gasteiger partial charge in [0, 0.05) is 18.7 Å². The zero-order chi connectivity index (χ0) is 26.1. The maximum absolute atomic E-state index is 13.5. The molecular formula is C28H34N2O5S. The molecule has 0 saturated heterocycles. The first-order valence-electron chi connectivity index (χ1n) is 11.9. The second-order valence-electron chi connectivity index (χ2n) is 9.09. The largest absolute Gasteiger partial charge is 0.497 e. The van der Waals surface area contributed by atoms with Crippen molar-refractivity contribution in [2.24, 2.45) is 5.92 Å². The summed E-state index contributed by atoms with van der Waals surface area (Å²) >= 11 is 0. The number of aliphatic hydroxyl groups is 1. The maximum atomic E-state index is 13.5. The molecule has 0 heterocycles. The van der Waals surface area contributed by atoms with Crippen molar-refractivity contribution in [2.45, 2.75) is 37.3 Å². The number of ether oxygens (including phenoxy) is 1. The molecular weight excluding hydrogens is 476 g/mol. The number of amides is 1. The van der Waals surface area contributed by atoms with E-state index in [2.05, 4.69) is 5.32 Å². The van der Waals surface area contributed by atoms with Gasteiger partial charge in [-0.25, -0.2) is 8.42 Å². The monoisotopic (exact) mass is 510 g/mol. The van der Waals surface area contributed by atoms with Crippen LogP contribution in [-0.4, -0.2) is 56.1 Å². The van der Waals surface area contributed by atoms with Crippen molar-refractivity contribution < 1.29 is 23.1 Å². The van der Waals surface area contributed by atoms with Crippen LogP contribution >= 0.6 is 0 Å². The topological polar surface area (TPSA) is 95.9 Å². The van der Waals surface area contributed by atoms with Gasteiger partial charge in [-0.2, -0.15) is 4.31 Å². The third kappa shape index (κ3) is 7.40. The van der Waals surface area contributed by atoms with Crippen molar-refractivity contribution in [2.75, 3.05) is 20.2 Å². The van der Waals surface area contributed by atoms with Crippen LogP contribution in [0.2, 0.25) is 0 Å². The van der Waals surface area contributed by atoms with Crippen LogP contribution in [0.25, 0.3) is 0 Å². The van der Waals surface area contributed by atoms with Crippen molar-refractivity contribution in [1.29, 1.82) is 0 Å². The Morgan fingerprint density at radius 2 is 1.50 bits per heavy atom. The molecule has 0 fully saturated rings. The first kappa shape index (κ1) is 27.4. The average Bonchev–Trinajstić information content (AvgIpc) is 2.88. The quantitative estimate of drug-likeness (QED) is 0.387. The van der Waals surface area contributed by atoms with Gasteiger partial charge in [-0.1, -0.05) is 62.4 Å². The van der Waals surface area contributed by atoms with Gasteiger partial charge < -0.3 is 15.2 Å². The highest BCUT2D eigenvalue weighted by Crippen LogP contribution is 2.22. The number of hydrogen-bond donors (Lipinski definition) is 2. The van der Waals surface area contributed by atoms with E-state index in [0.717, 1.165) is 5.56 Å².